The first-order valence-electron chi connectivity index (χ1n) is 5.01. The number of imidazole rings is 1. The van der Waals surface area contributed by atoms with Gasteiger partial charge in [0.1, 0.15) is 4.60 Å². The predicted molar refractivity (Wildman–Crippen MR) is 71.1 cm³/mol. The van der Waals surface area contributed by atoms with Crippen LogP contribution in [-0.2, 0) is 0 Å². The molecule has 17 heavy (non-hydrogen) atoms. The second-order valence-electron chi connectivity index (χ2n) is 3.55. The first-order valence-corrected chi connectivity index (χ1v) is 6.18. The molecule has 0 amide bonds. The maximum atomic E-state index is 5.87. The van der Waals surface area contributed by atoms with E-state index in [1.54, 1.807) is 10.7 Å². The van der Waals surface area contributed by atoms with Gasteiger partial charge in [-0.25, -0.2) is 9.50 Å². The molecule has 0 saturated carbocycles. The molecule has 3 rings (SSSR count). The summed E-state index contributed by atoms with van der Waals surface area (Å²) >= 11 is 9.30. The Morgan fingerprint density at radius 1 is 1.12 bits per heavy atom. The van der Waals surface area contributed by atoms with E-state index in [1.807, 2.05) is 36.4 Å². The van der Waals surface area contributed by atoms with Crippen LogP contribution >= 0.6 is 27.5 Å². The minimum absolute atomic E-state index is 0.710. The fraction of sp³-hybridized carbons (Fsp3) is 0. The van der Waals surface area contributed by atoms with E-state index in [1.165, 1.54) is 0 Å². The first kappa shape index (κ1) is 10.7. The quantitative estimate of drug-likeness (QED) is 0.684. The third kappa shape index (κ3) is 1.83. The molecule has 2 aromatic heterocycles. The predicted octanol–water partition coefficient (Wildman–Crippen LogP) is 3.81. The maximum absolute atomic E-state index is 5.87. The number of fused-ring (bicyclic) bond motifs is 1. The van der Waals surface area contributed by atoms with E-state index < -0.39 is 0 Å². The molecule has 0 spiro atoms. The molecule has 3 nitrogen and oxygen atoms in total. The molecule has 0 saturated heterocycles. The van der Waals surface area contributed by atoms with Crippen molar-refractivity contribution in [3.8, 4) is 11.4 Å². The number of hydrogen-bond acceptors (Lipinski definition) is 2. The summed E-state index contributed by atoms with van der Waals surface area (Å²) in [6.07, 6.45) is 1.74. The van der Waals surface area contributed by atoms with Crippen molar-refractivity contribution >= 4 is 33.0 Å². The van der Waals surface area contributed by atoms with Gasteiger partial charge in [0, 0.05) is 16.8 Å². The van der Waals surface area contributed by atoms with Gasteiger partial charge in [-0.3, -0.25) is 0 Å². The largest absolute Gasteiger partial charge is 0.219 e. The lowest BCUT2D eigenvalue weighted by atomic mass is 10.2. The Labute approximate surface area is 111 Å². The lowest BCUT2D eigenvalue weighted by molar-refractivity contribution is 0.936. The number of halogens is 2. The molecule has 2 heterocycles. The Hall–Kier alpha value is -1.39. The average Bonchev–Trinajstić information content (AvgIpc) is 2.69. The third-order valence-electron chi connectivity index (χ3n) is 2.47. The van der Waals surface area contributed by atoms with Crippen molar-refractivity contribution in [3.63, 3.8) is 0 Å². The van der Waals surface area contributed by atoms with Crippen molar-refractivity contribution in [3.05, 3.63) is 52.2 Å². The Morgan fingerprint density at radius 3 is 2.65 bits per heavy atom. The van der Waals surface area contributed by atoms with Crippen molar-refractivity contribution in [2.75, 3.05) is 0 Å². The fourth-order valence-electron chi connectivity index (χ4n) is 1.68. The molecule has 0 unspecified atom stereocenters. The summed E-state index contributed by atoms with van der Waals surface area (Å²) in [5, 5.41) is 5.00. The number of aromatic nitrogens is 3. The van der Waals surface area contributed by atoms with E-state index in [-0.39, 0.29) is 0 Å². The minimum Gasteiger partial charge on any atom is -0.219 e. The van der Waals surface area contributed by atoms with Gasteiger partial charge in [0.05, 0.1) is 5.52 Å². The lowest BCUT2D eigenvalue weighted by Gasteiger charge is -1.99. The molecular weight excluding hydrogens is 302 g/mol. The number of nitrogens with zero attached hydrogens (tertiary/aromatic N) is 3. The summed E-state index contributed by atoms with van der Waals surface area (Å²) in [4.78, 5) is 4.46. The van der Waals surface area contributed by atoms with Crippen molar-refractivity contribution in [2.24, 2.45) is 0 Å². The van der Waals surface area contributed by atoms with Crippen LogP contribution in [-0.4, -0.2) is 14.6 Å². The van der Waals surface area contributed by atoms with Gasteiger partial charge >= 0.3 is 0 Å². The Bertz CT molecular complexity index is 676. The standard InChI is InChI=1S/C12H7BrClN3/c13-11-10-2-1-7-15-17(10)12(16-11)8-3-5-9(14)6-4-8/h1-7H. The molecule has 0 aliphatic carbocycles. The Balaban J connectivity index is 2.27. The second kappa shape index (κ2) is 4.13. The lowest BCUT2D eigenvalue weighted by Crippen LogP contribution is -1.92. The van der Waals surface area contributed by atoms with E-state index in [4.69, 9.17) is 11.6 Å². The zero-order chi connectivity index (χ0) is 11.8. The summed E-state index contributed by atoms with van der Waals surface area (Å²) in [7, 11) is 0. The molecule has 5 heteroatoms. The van der Waals surface area contributed by atoms with Crippen LogP contribution in [0.25, 0.3) is 16.9 Å². The second-order valence-corrected chi connectivity index (χ2v) is 4.74. The van der Waals surface area contributed by atoms with E-state index in [9.17, 15) is 0 Å². The highest BCUT2D eigenvalue weighted by molar-refractivity contribution is 9.10. The van der Waals surface area contributed by atoms with Gasteiger partial charge < -0.3 is 0 Å². The van der Waals surface area contributed by atoms with Crippen LogP contribution in [0.3, 0.4) is 0 Å². The molecule has 0 atom stereocenters. The molecular formula is C12H7BrClN3. The van der Waals surface area contributed by atoms with E-state index >= 15 is 0 Å². The van der Waals surface area contributed by atoms with Gasteiger partial charge in [0.25, 0.3) is 0 Å². The van der Waals surface area contributed by atoms with Crippen molar-refractivity contribution in [1.29, 1.82) is 0 Å². The summed E-state index contributed by atoms with van der Waals surface area (Å²) in [6, 6.07) is 11.4. The van der Waals surface area contributed by atoms with Crippen LogP contribution in [0.4, 0.5) is 0 Å². The molecule has 0 radical (unpaired) electrons. The summed E-state index contributed by atoms with van der Waals surface area (Å²) in [5.41, 5.74) is 1.92. The SMILES string of the molecule is Clc1ccc(-c2nc(Br)c3cccnn23)cc1. The van der Waals surface area contributed by atoms with Gasteiger partial charge in [-0.05, 0) is 52.3 Å². The molecule has 84 valence electrons. The van der Waals surface area contributed by atoms with Crippen LogP contribution in [0.15, 0.2) is 47.2 Å². The number of hydrogen-bond donors (Lipinski definition) is 0. The maximum Gasteiger partial charge on any atom is 0.162 e. The van der Waals surface area contributed by atoms with Crippen molar-refractivity contribution in [1.82, 2.24) is 14.6 Å². The topological polar surface area (TPSA) is 30.2 Å². The van der Waals surface area contributed by atoms with Gasteiger partial charge in [0.2, 0.25) is 0 Å². The van der Waals surface area contributed by atoms with Crippen LogP contribution in [0, 0.1) is 0 Å². The summed E-state index contributed by atoms with van der Waals surface area (Å²) < 4.78 is 2.59. The molecule has 0 aliphatic heterocycles. The van der Waals surface area contributed by atoms with Gasteiger partial charge in [0.15, 0.2) is 5.82 Å². The van der Waals surface area contributed by atoms with E-state index in [0.29, 0.717) is 5.02 Å². The average molecular weight is 309 g/mol. The van der Waals surface area contributed by atoms with Gasteiger partial charge in [-0.2, -0.15) is 5.10 Å². The molecule has 3 aromatic rings. The summed E-state index contributed by atoms with van der Waals surface area (Å²) in [5.74, 6) is 0.796. The highest BCUT2D eigenvalue weighted by Crippen LogP contribution is 2.25. The summed E-state index contributed by atoms with van der Waals surface area (Å²) in [6.45, 7) is 0. The molecule has 0 bridgehead atoms. The normalized spacial score (nSPS) is 10.9. The minimum atomic E-state index is 0.710. The van der Waals surface area contributed by atoms with Crippen LogP contribution in [0.1, 0.15) is 0 Å². The van der Waals surface area contributed by atoms with Crippen LogP contribution < -0.4 is 0 Å². The molecule has 0 fully saturated rings. The molecule has 0 aliphatic rings. The Morgan fingerprint density at radius 2 is 1.88 bits per heavy atom. The third-order valence-corrected chi connectivity index (χ3v) is 3.30. The molecule has 0 N–H and O–H groups in total. The number of rotatable bonds is 1. The zero-order valence-corrected chi connectivity index (χ0v) is 11.0. The highest BCUT2D eigenvalue weighted by atomic mass is 79.9. The highest BCUT2D eigenvalue weighted by Gasteiger charge is 2.10. The number of benzene rings is 1. The van der Waals surface area contributed by atoms with E-state index in [0.717, 1.165) is 21.5 Å². The zero-order valence-electron chi connectivity index (χ0n) is 8.64. The van der Waals surface area contributed by atoms with Crippen LogP contribution in [0.2, 0.25) is 5.02 Å². The van der Waals surface area contributed by atoms with Crippen molar-refractivity contribution < 1.29 is 0 Å². The van der Waals surface area contributed by atoms with Crippen LogP contribution in [0.5, 0.6) is 0 Å². The monoisotopic (exact) mass is 307 g/mol. The smallest absolute Gasteiger partial charge is 0.162 e. The van der Waals surface area contributed by atoms with E-state index in [2.05, 4.69) is 26.0 Å². The first-order chi connectivity index (χ1) is 8.25. The van der Waals surface area contributed by atoms with Gasteiger partial charge in [-0.15, -0.1) is 0 Å². The Kier molecular flexibility index (Phi) is 2.61. The molecule has 1 aromatic carbocycles. The fourth-order valence-corrected chi connectivity index (χ4v) is 2.27. The van der Waals surface area contributed by atoms with Crippen molar-refractivity contribution in [2.45, 2.75) is 0 Å². The van der Waals surface area contributed by atoms with Gasteiger partial charge in [-0.1, -0.05) is 11.6 Å².